The minimum Gasteiger partial charge on any atom is -0.382 e. The first-order valence-corrected chi connectivity index (χ1v) is 5.58. The van der Waals surface area contributed by atoms with Crippen LogP contribution in [0.25, 0.3) is 10.9 Å². The summed E-state index contributed by atoms with van der Waals surface area (Å²) in [5, 5.41) is 0.919. The van der Waals surface area contributed by atoms with Gasteiger partial charge in [0.15, 0.2) is 0 Å². The van der Waals surface area contributed by atoms with Crippen LogP contribution in [-0.2, 0) is 9.57 Å². The lowest BCUT2D eigenvalue weighted by Crippen LogP contribution is -2.25. The molecule has 0 saturated heterocycles. The van der Waals surface area contributed by atoms with Gasteiger partial charge in [0, 0.05) is 18.7 Å². The van der Waals surface area contributed by atoms with Crippen LogP contribution >= 0.6 is 0 Å². The molecule has 1 heterocycles. The number of nitrogens with zero attached hydrogens (tertiary/aromatic N) is 1. The normalized spacial score (nSPS) is 10.5. The number of methoxy groups -OCH3 is 1. The van der Waals surface area contributed by atoms with Gasteiger partial charge in [-0.15, -0.1) is 0 Å². The van der Waals surface area contributed by atoms with E-state index in [9.17, 15) is 4.79 Å². The molecule has 0 bridgehead atoms. The summed E-state index contributed by atoms with van der Waals surface area (Å²) in [4.78, 5) is 21.1. The summed E-state index contributed by atoms with van der Waals surface area (Å²) < 4.78 is 4.81. The molecule has 18 heavy (non-hydrogen) atoms. The van der Waals surface area contributed by atoms with E-state index in [0.29, 0.717) is 24.3 Å². The fourth-order valence-electron chi connectivity index (χ4n) is 1.58. The molecule has 1 N–H and O–H groups in total. The van der Waals surface area contributed by atoms with Gasteiger partial charge < -0.3 is 4.74 Å². The van der Waals surface area contributed by atoms with E-state index >= 15 is 0 Å². The van der Waals surface area contributed by atoms with Crippen LogP contribution in [0.15, 0.2) is 36.5 Å². The highest BCUT2D eigenvalue weighted by atomic mass is 16.7. The topological polar surface area (TPSA) is 60.5 Å². The van der Waals surface area contributed by atoms with Crippen molar-refractivity contribution in [2.75, 3.05) is 20.3 Å². The van der Waals surface area contributed by atoms with E-state index in [0.717, 1.165) is 5.39 Å². The van der Waals surface area contributed by atoms with Crippen molar-refractivity contribution in [3.05, 3.63) is 42.1 Å². The lowest BCUT2D eigenvalue weighted by Gasteiger charge is -2.07. The highest BCUT2D eigenvalue weighted by Gasteiger charge is 2.10. The summed E-state index contributed by atoms with van der Waals surface area (Å²) in [6, 6.07) is 9.17. The monoisotopic (exact) mass is 246 g/mol. The predicted octanol–water partition coefficient (Wildman–Crippen LogP) is 1.54. The zero-order valence-electron chi connectivity index (χ0n) is 10.1. The van der Waals surface area contributed by atoms with Crippen molar-refractivity contribution in [1.82, 2.24) is 10.5 Å². The fourth-order valence-corrected chi connectivity index (χ4v) is 1.58. The van der Waals surface area contributed by atoms with Gasteiger partial charge in [0.05, 0.1) is 24.3 Å². The Balaban J connectivity index is 2.13. The van der Waals surface area contributed by atoms with E-state index in [-0.39, 0.29) is 5.91 Å². The van der Waals surface area contributed by atoms with Crippen LogP contribution in [0.3, 0.4) is 0 Å². The Bertz CT molecular complexity index is 537. The highest BCUT2D eigenvalue weighted by Crippen LogP contribution is 2.15. The van der Waals surface area contributed by atoms with Gasteiger partial charge in [0.1, 0.15) is 0 Å². The van der Waals surface area contributed by atoms with E-state index in [1.165, 1.54) is 0 Å². The van der Waals surface area contributed by atoms with E-state index in [4.69, 9.17) is 9.57 Å². The lowest BCUT2D eigenvalue weighted by molar-refractivity contribution is 0.00898. The fraction of sp³-hybridized carbons (Fsp3) is 0.231. The number of nitrogens with one attached hydrogen (secondary N) is 1. The molecule has 1 aromatic carbocycles. The minimum absolute atomic E-state index is 0.306. The molecule has 5 nitrogen and oxygen atoms in total. The molecule has 0 aliphatic rings. The van der Waals surface area contributed by atoms with Crippen molar-refractivity contribution in [3.63, 3.8) is 0 Å². The number of hydrogen-bond acceptors (Lipinski definition) is 4. The number of hydroxylamine groups is 1. The molecule has 1 amide bonds. The SMILES string of the molecule is COCCONC(=O)c1cccc2cccnc12. The molecule has 0 atom stereocenters. The maximum atomic E-state index is 11.9. The molecule has 0 radical (unpaired) electrons. The third-order valence-electron chi connectivity index (χ3n) is 2.43. The van der Waals surface area contributed by atoms with E-state index in [1.807, 2.05) is 24.3 Å². The van der Waals surface area contributed by atoms with Crippen molar-refractivity contribution in [2.45, 2.75) is 0 Å². The zero-order valence-corrected chi connectivity index (χ0v) is 10.1. The minimum atomic E-state index is -0.310. The second-order valence-electron chi connectivity index (χ2n) is 3.65. The molecule has 94 valence electrons. The Morgan fingerprint density at radius 1 is 1.28 bits per heavy atom. The number of carbonyl (C=O) groups is 1. The van der Waals surface area contributed by atoms with Crippen LogP contribution < -0.4 is 5.48 Å². The number of rotatable bonds is 5. The molecule has 0 spiro atoms. The third-order valence-corrected chi connectivity index (χ3v) is 2.43. The van der Waals surface area contributed by atoms with Gasteiger partial charge in [-0.1, -0.05) is 18.2 Å². The lowest BCUT2D eigenvalue weighted by atomic mass is 10.1. The summed E-state index contributed by atoms with van der Waals surface area (Å²) >= 11 is 0. The molecular formula is C13H14N2O3. The number of pyridine rings is 1. The molecule has 0 aliphatic carbocycles. The molecule has 0 aliphatic heterocycles. The number of ether oxygens (including phenoxy) is 1. The molecular weight excluding hydrogens is 232 g/mol. The predicted molar refractivity (Wildman–Crippen MR) is 67.0 cm³/mol. The van der Waals surface area contributed by atoms with Crippen molar-refractivity contribution in [2.24, 2.45) is 0 Å². The number of hydrogen-bond donors (Lipinski definition) is 1. The van der Waals surface area contributed by atoms with Gasteiger partial charge in [-0.3, -0.25) is 14.6 Å². The average molecular weight is 246 g/mol. The van der Waals surface area contributed by atoms with Crippen molar-refractivity contribution < 1.29 is 14.4 Å². The van der Waals surface area contributed by atoms with Crippen LogP contribution in [0.5, 0.6) is 0 Å². The van der Waals surface area contributed by atoms with Gasteiger partial charge in [0.2, 0.25) is 0 Å². The Morgan fingerprint density at radius 3 is 2.94 bits per heavy atom. The Labute approximate surface area is 105 Å². The maximum Gasteiger partial charge on any atom is 0.277 e. The number of benzene rings is 1. The molecule has 0 fully saturated rings. The second kappa shape index (κ2) is 6.09. The first-order chi connectivity index (χ1) is 8.83. The molecule has 1 aromatic heterocycles. The average Bonchev–Trinajstić information content (AvgIpc) is 2.43. The largest absolute Gasteiger partial charge is 0.382 e. The molecule has 5 heteroatoms. The summed E-state index contributed by atoms with van der Waals surface area (Å²) in [5.74, 6) is -0.310. The van der Waals surface area contributed by atoms with Crippen LogP contribution in [0.2, 0.25) is 0 Å². The van der Waals surface area contributed by atoms with Crippen molar-refractivity contribution in [1.29, 1.82) is 0 Å². The zero-order chi connectivity index (χ0) is 12.8. The Kier molecular flexibility index (Phi) is 4.22. The summed E-state index contributed by atoms with van der Waals surface area (Å²) in [5.41, 5.74) is 3.52. The molecule has 0 unspecified atom stereocenters. The highest BCUT2D eigenvalue weighted by molar-refractivity contribution is 6.04. The first-order valence-electron chi connectivity index (χ1n) is 5.58. The number of amides is 1. The summed E-state index contributed by atoms with van der Waals surface area (Å²) in [7, 11) is 1.57. The summed E-state index contributed by atoms with van der Waals surface area (Å²) in [6.07, 6.45) is 1.66. The van der Waals surface area contributed by atoms with E-state index < -0.39 is 0 Å². The number of fused-ring (bicyclic) bond motifs is 1. The van der Waals surface area contributed by atoms with Crippen LogP contribution in [-0.4, -0.2) is 31.2 Å². The van der Waals surface area contributed by atoms with E-state index in [2.05, 4.69) is 10.5 Å². The van der Waals surface area contributed by atoms with Crippen LogP contribution in [0, 0.1) is 0 Å². The Hall–Kier alpha value is -1.98. The number of aromatic nitrogens is 1. The first kappa shape index (κ1) is 12.5. The van der Waals surface area contributed by atoms with E-state index in [1.54, 1.807) is 19.4 Å². The van der Waals surface area contributed by atoms with Crippen LogP contribution in [0.1, 0.15) is 10.4 Å². The summed E-state index contributed by atoms with van der Waals surface area (Å²) in [6.45, 7) is 0.731. The maximum absolute atomic E-state index is 11.9. The van der Waals surface area contributed by atoms with Gasteiger partial charge in [-0.2, -0.15) is 0 Å². The van der Waals surface area contributed by atoms with Gasteiger partial charge in [-0.05, 0) is 12.1 Å². The smallest absolute Gasteiger partial charge is 0.277 e. The van der Waals surface area contributed by atoms with Crippen molar-refractivity contribution >= 4 is 16.8 Å². The van der Waals surface area contributed by atoms with Gasteiger partial charge in [0.25, 0.3) is 5.91 Å². The van der Waals surface area contributed by atoms with Gasteiger partial charge in [-0.25, -0.2) is 5.48 Å². The number of para-hydroxylation sites is 1. The molecule has 2 rings (SSSR count). The number of carbonyl (C=O) groups excluding carboxylic acids is 1. The third kappa shape index (κ3) is 2.82. The molecule has 0 saturated carbocycles. The van der Waals surface area contributed by atoms with Crippen LogP contribution in [0.4, 0.5) is 0 Å². The standard InChI is InChI=1S/C13H14N2O3/c1-17-8-9-18-15-13(16)11-6-2-4-10-5-3-7-14-12(10)11/h2-7H,8-9H2,1H3,(H,15,16). The second-order valence-corrected chi connectivity index (χ2v) is 3.65. The Morgan fingerprint density at radius 2 is 2.11 bits per heavy atom. The van der Waals surface area contributed by atoms with Crippen molar-refractivity contribution in [3.8, 4) is 0 Å². The quantitative estimate of drug-likeness (QED) is 0.642. The van der Waals surface area contributed by atoms with Gasteiger partial charge >= 0.3 is 0 Å². The molecule has 2 aromatic rings.